The van der Waals surface area contributed by atoms with Crippen molar-refractivity contribution in [1.82, 2.24) is 10.6 Å². The topological polar surface area (TPSA) is 24.1 Å². The minimum absolute atomic E-state index is 0.268. The molecule has 3 rings (SSSR count). The van der Waals surface area contributed by atoms with Crippen LogP contribution in [0.5, 0.6) is 0 Å². The quantitative estimate of drug-likeness (QED) is 0.810. The van der Waals surface area contributed by atoms with E-state index in [0.29, 0.717) is 29.2 Å². The van der Waals surface area contributed by atoms with Crippen LogP contribution in [0.15, 0.2) is 18.2 Å². The van der Waals surface area contributed by atoms with E-state index in [1.165, 1.54) is 25.3 Å². The molecule has 2 unspecified atom stereocenters. The van der Waals surface area contributed by atoms with Gasteiger partial charge >= 0.3 is 0 Å². The number of halogens is 2. The number of rotatable bonds is 4. The average molecular weight is 338 g/mol. The molecule has 2 aliphatic carbocycles. The summed E-state index contributed by atoms with van der Waals surface area (Å²) < 4.78 is 27.3. The minimum Gasteiger partial charge on any atom is -0.362 e. The molecule has 2 nitrogen and oxygen atoms in total. The van der Waals surface area contributed by atoms with Crippen molar-refractivity contribution in [1.29, 1.82) is 0 Å². The predicted octanol–water partition coefficient (Wildman–Crippen LogP) is 4.04. The molecule has 0 bridgehead atoms. The van der Waals surface area contributed by atoms with Gasteiger partial charge in [0.1, 0.15) is 11.6 Å². The molecule has 0 saturated heterocycles. The van der Waals surface area contributed by atoms with E-state index >= 15 is 0 Å². The molecule has 1 aromatic rings. The van der Waals surface area contributed by atoms with Gasteiger partial charge in [-0.05, 0) is 49.0 Å². The summed E-state index contributed by atoms with van der Waals surface area (Å²) in [6, 6.07) is 4.34. The zero-order valence-corrected chi connectivity index (χ0v) is 14.3. The molecule has 2 aliphatic rings. The van der Waals surface area contributed by atoms with Crippen LogP contribution in [0.25, 0.3) is 0 Å². The first-order valence-corrected chi connectivity index (χ1v) is 8.92. The summed E-state index contributed by atoms with van der Waals surface area (Å²) in [4.78, 5) is 0. The zero-order valence-electron chi connectivity index (χ0n) is 13.5. The summed E-state index contributed by atoms with van der Waals surface area (Å²) in [6.45, 7) is 2.69. The van der Waals surface area contributed by atoms with E-state index in [1.54, 1.807) is 6.07 Å². The van der Waals surface area contributed by atoms with Crippen molar-refractivity contribution in [2.24, 2.45) is 5.92 Å². The molecule has 2 atom stereocenters. The van der Waals surface area contributed by atoms with Gasteiger partial charge in [-0.15, -0.1) is 0 Å². The Morgan fingerprint density at radius 2 is 1.96 bits per heavy atom. The van der Waals surface area contributed by atoms with Crippen molar-refractivity contribution in [2.75, 3.05) is 6.54 Å². The molecule has 5 heteroatoms. The Morgan fingerprint density at radius 3 is 2.57 bits per heavy atom. The maximum Gasteiger partial charge on any atom is 0.166 e. The van der Waals surface area contributed by atoms with Gasteiger partial charge in [-0.1, -0.05) is 32.3 Å². The smallest absolute Gasteiger partial charge is 0.166 e. The first-order chi connectivity index (χ1) is 11.0. The SMILES string of the molecule is CC1CC1(CNC(=S)NC1CCCCC1)c1ccc(F)cc1F. The lowest BCUT2D eigenvalue weighted by molar-refractivity contribution is 0.411. The van der Waals surface area contributed by atoms with Gasteiger partial charge in [-0.3, -0.25) is 0 Å². The molecular formula is C18H24F2N2S. The number of benzene rings is 1. The summed E-state index contributed by atoms with van der Waals surface area (Å²) in [5.74, 6) is -0.619. The maximum atomic E-state index is 14.1. The van der Waals surface area contributed by atoms with Crippen molar-refractivity contribution in [2.45, 2.75) is 56.9 Å². The minimum atomic E-state index is -0.530. The normalized spacial score (nSPS) is 27.5. The van der Waals surface area contributed by atoms with Gasteiger partial charge in [0.2, 0.25) is 0 Å². The fraction of sp³-hybridized carbons (Fsp3) is 0.611. The third-order valence-electron chi connectivity index (χ3n) is 5.43. The van der Waals surface area contributed by atoms with Crippen molar-refractivity contribution in [3.63, 3.8) is 0 Å². The highest BCUT2D eigenvalue weighted by atomic mass is 32.1. The Morgan fingerprint density at radius 1 is 1.26 bits per heavy atom. The molecule has 126 valence electrons. The Labute approximate surface area is 142 Å². The van der Waals surface area contributed by atoms with Crippen molar-refractivity contribution < 1.29 is 8.78 Å². The summed E-state index contributed by atoms with van der Waals surface area (Å²) >= 11 is 5.40. The Kier molecular flexibility index (Phi) is 4.85. The predicted molar refractivity (Wildman–Crippen MR) is 92.4 cm³/mol. The molecule has 0 aromatic heterocycles. The van der Waals surface area contributed by atoms with E-state index in [4.69, 9.17) is 12.2 Å². The lowest BCUT2D eigenvalue weighted by Gasteiger charge is -2.26. The van der Waals surface area contributed by atoms with Gasteiger partial charge in [0.05, 0.1) is 0 Å². The summed E-state index contributed by atoms with van der Waals surface area (Å²) in [6.07, 6.45) is 7.04. The van der Waals surface area contributed by atoms with Crippen LogP contribution in [0.2, 0.25) is 0 Å². The third-order valence-corrected chi connectivity index (χ3v) is 5.69. The van der Waals surface area contributed by atoms with Crippen LogP contribution in [0.3, 0.4) is 0 Å². The van der Waals surface area contributed by atoms with Gasteiger partial charge in [0, 0.05) is 24.1 Å². The molecule has 2 saturated carbocycles. The lowest BCUT2D eigenvalue weighted by atomic mass is 9.92. The first-order valence-electron chi connectivity index (χ1n) is 8.51. The zero-order chi connectivity index (χ0) is 16.4. The Hall–Kier alpha value is -1.23. The number of thiocarbonyl (C=S) groups is 1. The van der Waals surface area contributed by atoms with Crippen LogP contribution < -0.4 is 10.6 Å². The van der Waals surface area contributed by atoms with Gasteiger partial charge in [-0.25, -0.2) is 8.78 Å². The monoisotopic (exact) mass is 338 g/mol. The van der Waals surface area contributed by atoms with Crippen LogP contribution in [0.4, 0.5) is 8.78 Å². The Bertz CT molecular complexity index is 586. The van der Waals surface area contributed by atoms with Crippen LogP contribution in [-0.4, -0.2) is 17.7 Å². The molecule has 0 heterocycles. The number of hydrogen-bond acceptors (Lipinski definition) is 1. The van der Waals surface area contributed by atoms with Gasteiger partial charge < -0.3 is 10.6 Å². The van der Waals surface area contributed by atoms with Crippen molar-refractivity contribution >= 4 is 17.3 Å². The molecular weight excluding hydrogens is 314 g/mol. The largest absolute Gasteiger partial charge is 0.362 e. The van der Waals surface area contributed by atoms with E-state index in [2.05, 4.69) is 17.6 Å². The standard InChI is InChI=1S/C18H24F2N2S/c1-12-10-18(12,15-8-7-13(19)9-16(15)20)11-21-17(23)22-14-5-3-2-4-6-14/h7-9,12,14H,2-6,10-11H2,1H3,(H2,21,22,23). The van der Waals surface area contributed by atoms with Crippen LogP contribution >= 0.6 is 12.2 Å². The lowest BCUT2D eigenvalue weighted by Crippen LogP contribution is -2.45. The molecule has 0 radical (unpaired) electrons. The molecule has 2 fully saturated rings. The van der Waals surface area contributed by atoms with Crippen LogP contribution in [0.1, 0.15) is 51.0 Å². The van der Waals surface area contributed by atoms with Crippen molar-refractivity contribution in [3.8, 4) is 0 Å². The fourth-order valence-corrected chi connectivity index (χ4v) is 4.06. The molecule has 0 spiro atoms. The molecule has 2 N–H and O–H groups in total. The summed E-state index contributed by atoms with van der Waals surface area (Å²) in [5.41, 5.74) is 0.329. The second-order valence-electron chi connectivity index (χ2n) is 7.05. The van der Waals surface area contributed by atoms with E-state index in [0.717, 1.165) is 25.3 Å². The van der Waals surface area contributed by atoms with Gasteiger partial charge in [0.25, 0.3) is 0 Å². The second kappa shape index (κ2) is 6.71. The number of hydrogen-bond donors (Lipinski definition) is 2. The van der Waals surface area contributed by atoms with Crippen LogP contribution in [0, 0.1) is 17.6 Å². The molecule has 0 aliphatic heterocycles. The summed E-state index contributed by atoms with van der Waals surface area (Å²) in [7, 11) is 0. The Balaban J connectivity index is 1.60. The molecule has 0 amide bonds. The number of nitrogens with one attached hydrogen (secondary N) is 2. The van der Waals surface area contributed by atoms with Gasteiger partial charge in [0.15, 0.2) is 5.11 Å². The maximum absolute atomic E-state index is 14.1. The highest BCUT2D eigenvalue weighted by Crippen LogP contribution is 2.54. The highest BCUT2D eigenvalue weighted by molar-refractivity contribution is 7.80. The van der Waals surface area contributed by atoms with Crippen LogP contribution in [-0.2, 0) is 5.41 Å². The fourth-order valence-electron chi connectivity index (χ4n) is 3.82. The van der Waals surface area contributed by atoms with Gasteiger partial charge in [-0.2, -0.15) is 0 Å². The highest BCUT2D eigenvalue weighted by Gasteiger charge is 2.53. The van der Waals surface area contributed by atoms with E-state index < -0.39 is 11.6 Å². The van der Waals surface area contributed by atoms with E-state index in [1.807, 2.05) is 0 Å². The van der Waals surface area contributed by atoms with E-state index in [9.17, 15) is 8.78 Å². The first kappa shape index (κ1) is 16.6. The second-order valence-corrected chi connectivity index (χ2v) is 7.46. The molecule has 1 aromatic carbocycles. The van der Waals surface area contributed by atoms with Crippen molar-refractivity contribution in [3.05, 3.63) is 35.4 Å². The third kappa shape index (κ3) is 3.65. The molecule has 23 heavy (non-hydrogen) atoms. The van der Waals surface area contributed by atoms with E-state index in [-0.39, 0.29) is 5.41 Å². The average Bonchev–Trinajstić information content (AvgIpc) is 3.17. The summed E-state index contributed by atoms with van der Waals surface area (Å²) in [5, 5.41) is 7.29.